The van der Waals surface area contributed by atoms with E-state index in [1.54, 1.807) is 12.1 Å². The summed E-state index contributed by atoms with van der Waals surface area (Å²) in [7, 11) is 0. The van der Waals surface area contributed by atoms with Crippen LogP contribution in [0, 0.1) is 25.2 Å². The number of nitrogens with one attached hydrogen (secondary N) is 1. The molecule has 0 aliphatic carbocycles. The number of nitrogens with zero attached hydrogens (tertiary/aromatic N) is 3. The molecule has 4 heteroatoms. The zero-order chi connectivity index (χ0) is 12.3. The lowest BCUT2D eigenvalue weighted by atomic mass is 10.2. The highest BCUT2D eigenvalue weighted by molar-refractivity contribution is 5.57. The largest absolute Gasteiger partial charge is 0.340 e. The first-order valence-electron chi connectivity index (χ1n) is 5.27. The van der Waals surface area contributed by atoms with Gasteiger partial charge in [-0.15, -0.1) is 0 Å². The summed E-state index contributed by atoms with van der Waals surface area (Å²) in [6.07, 6.45) is 0. The quantitative estimate of drug-likeness (QED) is 0.851. The first-order chi connectivity index (χ1) is 8.17. The van der Waals surface area contributed by atoms with Gasteiger partial charge in [-0.25, -0.2) is 9.97 Å². The Balaban J connectivity index is 2.22. The topological polar surface area (TPSA) is 61.6 Å². The maximum Gasteiger partial charge on any atom is 0.134 e. The molecule has 0 aliphatic rings. The molecule has 1 aromatic carbocycles. The number of anilines is 2. The average molecular weight is 224 g/mol. The first kappa shape index (κ1) is 11.1. The number of benzene rings is 1. The molecule has 0 saturated heterocycles. The Labute approximate surface area is 100.0 Å². The number of nitriles is 1. The zero-order valence-corrected chi connectivity index (χ0v) is 9.73. The van der Waals surface area contributed by atoms with Crippen molar-refractivity contribution in [3.05, 3.63) is 47.4 Å². The van der Waals surface area contributed by atoms with Gasteiger partial charge in [0.15, 0.2) is 0 Å². The van der Waals surface area contributed by atoms with E-state index in [1.165, 1.54) is 0 Å². The molecule has 0 aliphatic heterocycles. The van der Waals surface area contributed by atoms with Crippen molar-refractivity contribution in [2.24, 2.45) is 0 Å². The van der Waals surface area contributed by atoms with Crippen LogP contribution in [0.3, 0.4) is 0 Å². The molecule has 4 nitrogen and oxygen atoms in total. The molecule has 17 heavy (non-hydrogen) atoms. The molecule has 0 fully saturated rings. The van der Waals surface area contributed by atoms with Crippen LogP contribution in [0.15, 0.2) is 30.3 Å². The maximum atomic E-state index is 8.70. The first-order valence-corrected chi connectivity index (χ1v) is 5.27. The van der Waals surface area contributed by atoms with E-state index in [-0.39, 0.29) is 0 Å². The third kappa shape index (κ3) is 2.79. The summed E-state index contributed by atoms with van der Waals surface area (Å²) < 4.78 is 0. The van der Waals surface area contributed by atoms with Crippen molar-refractivity contribution in [2.45, 2.75) is 13.8 Å². The lowest BCUT2D eigenvalue weighted by molar-refractivity contribution is 1.02. The lowest BCUT2D eigenvalue weighted by Crippen LogP contribution is -1.98. The van der Waals surface area contributed by atoms with Crippen molar-refractivity contribution in [3.8, 4) is 6.07 Å². The fourth-order valence-electron chi connectivity index (χ4n) is 1.56. The van der Waals surface area contributed by atoms with Crippen molar-refractivity contribution >= 4 is 11.5 Å². The van der Waals surface area contributed by atoms with E-state index in [0.717, 1.165) is 23.0 Å². The van der Waals surface area contributed by atoms with Gasteiger partial charge >= 0.3 is 0 Å². The Morgan fingerprint density at radius 3 is 2.41 bits per heavy atom. The van der Waals surface area contributed by atoms with Gasteiger partial charge in [0, 0.05) is 17.4 Å². The summed E-state index contributed by atoms with van der Waals surface area (Å²) in [4.78, 5) is 8.49. The molecule has 0 saturated carbocycles. The number of hydrogen-bond donors (Lipinski definition) is 1. The second-order valence-electron chi connectivity index (χ2n) is 3.76. The normalized spacial score (nSPS) is 9.71. The molecule has 0 bridgehead atoms. The Hall–Kier alpha value is -2.41. The number of aryl methyl sites for hydroxylation is 2. The summed E-state index contributed by atoms with van der Waals surface area (Å²) in [5.41, 5.74) is 2.47. The molecule has 0 amide bonds. The van der Waals surface area contributed by atoms with Gasteiger partial charge in [-0.05, 0) is 38.1 Å². The maximum absolute atomic E-state index is 8.70. The van der Waals surface area contributed by atoms with Crippen LogP contribution in [-0.2, 0) is 0 Å². The summed E-state index contributed by atoms with van der Waals surface area (Å²) >= 11 is 0. The molecule has 1 heterocycles. The predicted molar refractivity (Wildman–Crippen MR) is 65.9 cm³/mol. The monoisotopic (exact) mass is 224 g/mol. The molecular formula is C13H12N4. The second kappa shape index (κ2) is 4.62. The molecule has 1 aromatic heterocycles. The van der Waals surface area contributed by atoms with Crippen LogP contribution in [0.4, 0.5) is 11.5 Å². The van der Waals surface area contributed by atoms with Crippen LogP contribution in [0.1, 0.15) is 17.1 Å². The van der Waals surface area contributed by atoms with Crippen LogP contribution in [0.25, 0.3) is 0 Å². The fourth-order valence-corrected chi connectivity index (χ4v) is 1.56. The molecule has 0 unspecified atom stereocenters. The van der Waals surface area contributed by atoms with E-state index < -0.39 is 0 Å². The van der Waals surface area contributed by atoms with Gasteiger partial charge < -0.3 is 5.32 Å². The van der Waals surface area contributed by atoms with E-state index >= 15 is 0 Å². The number of rotatable bonds is 2. The Kier molecular flexibility index (Phi) is 3.01. The molecule has 2 aromatic rings. The van der Waals surface area contributed by atoms with Crippen LogP contribution in [-0.4, -0.2) is 9.97 Å². The average Bonchev–Trinajstić information content (AvgIpc) is 2.28. The van der Waals surface area contributed by atoms with Crippen LogP contribution < -0.4 is 5.32 Å². The summed E-state index contributed by atoms with van der Waals surface area (Å²) in [6, 6.07) is 11.2. The van der Waals surface area contributed by atoms with Crippen molar-refractivity contribution in [2.75, 3.05) is 5.32 Å². The molecule has 0 spiro atoms. The third-order valence-electron chi connectivity index (χ3n) is 2.25. The third-order valence-corrected chi connectivity index (χ3v) is 2.25. The smallest absolute Gasteiger partial charge is 0.134 e. The summed E-state index contributed by atoms with van der Waals surface area (Å²) in [5, 5.41) is 11.9. The molecule has 0 atom stereocenters. The minimum Gasteiger partial charge on any atom is -0.340 e. The van der Waals surface area contributed by atoms with E-state index in [1.807, 2.05) is 32.0 Å². The highest BCUT2D eigenvalue weighted by Gasteiger charge is 1.99. The summed E-state index contributed by atoms with van der Waals surface area (Å²) in [5.74, 6) is 1.50. The molecule has 2 rings (SSSR count). The van der Waals surface area contributed by atoms with Crippen molar-refractivity contribution in [1.29, 1.82) is 5.26 Å². The van der Waals surface area contributed by atoms with Gasteiger partial charge in [-0.1, -0.05) is 0 Å². The SMILES string of the molecule is Cc1cc(Nc2ccc(C#N)cc2)nc(C)n1. The number of aromatic nitrogens is 2. The van der Waals surface area contributed by atoms with Crippen molar-refractivity contribution < 1.29 is 0 Å². The van der Waals surface area contributed by atoms with Crippen molar-refractivity contribution in [1.82, 2.24) is 9.97 Å². The highest BCUT2D eigenvalue weighted by Crippen LogP contribution is 2.15. The number of hydrogen-bond acceptors (Lipinski definition) is 4. The van der Waals surface area contributed by atoms with Gasteiger partial charge in [0.1, 0.15) is 11.6 Å². The molecule has 84 valence electrons. The van der Waals surface area contributed by atoms with Crippen molar-refractivity contribution in [3.63, 3.8) is 0 Å². The van der Waals surface area contributed by atoms with Crippen LogP contribution >= 0.6 is 0 Å². The minimum atomic E-state index is 0.644. The van der Waals surface area contributed by atoms with Gasteiger partial charge in [0.05, 0.1) is 11.6 Å². The molecule has 0 radical (unpaired) electrons. The molecule has 1 N–H and O–H groups in total. The predicted octanol–water partition coefficient (Wildman–Crippen LogP) is 2.71. The molecular weight excluding hydrogens is 212 g/mol. The van der Waals surface area contributed by atoms with E-state index in [0.29, 0.717) is 5.56 Å². The van der Waals surface area contributed by atoms with Gasteiger partial charge in [0.25, 0.3) is 0 Å². The second-order valence-corrected chi connectivity index (χ2v) is 3.76. The van der Waals surface area contributed by atoms with E-state index in [4.69, 9.17) is 5.26 Å². The Morgan fingerprint density at radius 1 is 1.12 bits per heavy atom. The lowest BCUT2D eigenvalue weighted by Gasteiger charge is -2.06. The zero-order valence-electron chi connectivity index (χ0n) is 9.73. The fraction of sp³-hybridized carbons (Fsp3) is 0.154. The Morgan fingerprint density at radius 2 is 1.82 bits per heavy atom. The standard InChI is InChI=1S/C13H12N4/c1-9-7-13(16-10(2)15-9)17-12-5-3-11(8-14)4-6-12/h3-7H,1-2H3,(H,15,16,17). The van der Waals surface area contributed by atoms with Crippen LogP contribution in [0.5, 0.6) is 0 Å². The van der Waals surface area contributed by atoms with Gasteiger partial charge in [-0.2, -0.15) is 5.26 Å². The summed E-state index contributed by atoms with van der Waals surface area (Å²) in [6.45, 7) is 3.79. The van der Waals surface area contributed by atoms with Crippen LogP contribution in [0.2, 0.25) is 0 Å². The van der Waals surface area contributed by atoms with Gasteiger partial charge in [-0.3, -0.25) is 0 Å². The van der Waals surface area contributed by atoms with E-state index in [2.05, 4.69) is 21.4 Å². The van der Waals surface area contributed by atoms with E-state index in [9.17, 15) is 0 Å². The minimum absolute atomic E-state index is 0.644. The Bertz CT molecular complexity index is 547. The highest BCUT2D eigenvalue weighted by atomic mass is 15.0. The van der Waals surface area contributed by atoms with Gasteiger partial charge in [0.2, 0.25) is 0 Å².